The molecule has 8 nitrogen and oxygen atoms in total. The first kappa shape index (κ1) is 17.7. The number of pyridine rings is 1. The van der Waals surface area contributed by atoms with E-state index in [1.165, 1.54) is 18.2 Å². The van der Waals surface area contributed by atoms with E-state index in [-0.39, 0.29) is 16.8 Å². The van der Waals surface area contributed by atoms with Crippen molar-refractivity contribution in [1.29, 1.82) is 0 Å². The Bertz CT molecular complexity index is 1310. The molecule has 5 rings (SSSR count). The van der Waals surface area contributed by atoms with E-state index in [0.29, 0.717) is 10.7 Å². The largest absolute Gasteiger partial charge is 0.382 e. The van der Waals surface area contributed by atoms with E-state index < -0.39 is 17.8 Å². The van der Waals surface area contributed by atoms with E-state index in [1.54, 1.807) is 22.9 Å². The Morgan fingerprint density at radius 1 is 0.867 bits per heavy atom. The van der Waals surface area contributed by atoms with Crippen LogP contribution in [0.3, 0.4) is 0 Å². The summed E-state index contributed by atoms with van der Waals surface area (Å²) < 4.78 is 1.63. The molecule has 3 heterocycles. The van der Waals surface area contributed by atoms with Gasteiger partial charge in [-0.2, -0.15) is 5.10 Å². The van der Waals surface area contributed by atoms with Crippen molar-refractivity contribution in [2.75, 3.05) is 0 Å². The molecule has 1 aliphatic rings. The Labute approximate surface area is 170 Å². The number of carbonyl (C=O) groups excluding carboxylic acids is 3. The second kappa shape index (κ2) is 6.63. The number of hydrogen-bond acceptors (Lipinski definition) is 6. The number of nitrogens with zero attached hydrogens (tertiary/aromatic N) is 4. The summed E-state index contributed by atoms with van der Waals surface area (Å²) in [6.07, 6.45) is 0. The number of aromatic nitrogens is 3. The molecule has 0 saturated heterocycles. The maximum Gasteiger partial charge on any atom is 0.382 e. The molecular weight excluding hydrogens is 384 g/mol. The van der Waals surface area contributed by atoms with Gasteiger partial charge in [-0.1, -0.05) is 35.4 Å². The minimum atomic E-state index is -0.912. The lowest BCUT2D eigenvalue weighted by Gasteiger charge is -2.12. The first-order valence-electron chi connectivity index (χ1n) is 9.16. The smallest absolute Gasteiger partial charge is 0.323 e. The number of hydrogen-bond donors (Lipinski definition) is 0. The third-order valence-corrected chi connectivity index (χ3v) is 4.86. The van der Waals surface area contributed by atoms with Crippen molar-refractivity contribution in [3.63, 3.8) is 0 Å². The van der Waals surface area contributed by atoms with Crippen molar-refractivity contribution in [3.8, 4) is 5.69 Å². The van der Waals surface area contributed by atoms with E-state index in [1.807, 2.05) is 37.3 Å². The molecule has 0 saturated carbocycles. The molecule has 0 spiro atoms. The molecule has 2 aromatic carbocycles. The Morgan fingerprint density at radius 2 is 1.50 bits per heavy atom. The molecule has 30 heavy (non-hydrogen) atoms. The molecule has 2 amide bonds. The molecule has 0 radical (unpaired) electrons. The summed E-state index contributed by atoms with van der Waals surface area (Å²) in [7, 11) is 0. The van der Waals surface area contributed by atoms with E-state index in [9.17, 15) is 14.4 Å². The van der Waals surface area contributed by atoms with Crippen LogP contribution in [0.5, 0.6) is 0 Å². The van der Waals surface area contributed by atoms with Crippen LogP contribution in [-0.4, -0.2) is 37.6 Å². The second-order valence-corrected chi connectivity index (χ2v) is 6.73. The highest BCUT2D eigenvalue weighted by atomic mass is 16.7. The highest BCUT2D eigenvalue weighted by Crippen LogP contribution is 2.24. The van der Waals surface area contributed by atoms with Crippen LogP contribution in [0.25, 0.3) is 16.7 Å². The van der Waals surface area contributed by atoms with Gasteiger partial charge in [0.15, 0.2) is 11.3 Å². The van der Waals surface area contributed by atoms with Crippen LogP contribution in [0, 0.1) is 6.92 Å². The maximum atomic E-state index is 12.7. The molecule has 0 unspecified atom stereocenters. The second-order valence-electron chi connectivity index (χ2n) is 6.73. The first-order chi connectivity index (χ1) is 14.5. The van der Waals surface area contributed by atoms with Gasteiger partial charge in [0.2, 0.25) is 0 Å². The van der Waals surface area contributed by atoms with Crippen molar-refractivity contribution in [1.82, 2.24) is 19.8 Å². The Morgan fingerprint density at radius 3 is 2.17 bits per heavy atom. The number of fused-ring (bicyclic) bond motifs is 2. The van der Waals surface area contributed by atoms with Gasteiger partial charge in [0.25, 0.3) is 11.8 Å². The van der Waals surface area contributed by atoms with Gasteiger partial charge >= 0.3 is 5.97 Å². The first-order valence-corrected chi connectivity index (χ1v) is 9.16. The van der Waals surface area contributed by atoms with Crippen molar-refractivity contribution in [2.45, 2.75) is 6.92 Å². The number of para-hydroxylation sites is 1. The fraction of sp³-hybridized carbons (Fsp3) is 0.0455. The molecule has 0 atom stereocenters. The zero-order chi connectivity index (χ0) is 20.8. The molecular formula is C22H14N4O4. The normalized spacial score (nSPS) is 13.0. The summed E-state index contributed by atoms with van der Waals surface area (Å²) in [6.45, 7) is 1.85. The van der Waals surface area contributed by atoms with Crippen LogP contribution in [-0.2, 0) is 4.84 Å². The van der Waals surface area contributed by atoms with Crippen molar-refractivity contribution in [2.24, 2.45) is 0 Å². The lowest BCUT2D eigenvalue weighted by molar-refractivity contribution is -0.0588. The highest BCUT2D eigenvalue weighted by molar-refractivity contribution is 6.21. The number of imide groups is 1. The summed E-state index contributed by atoms with van der Waals surface area (Å²) >= 11 is 0. The molecule has 4 aromatic rings. The average Bonchev–Trinajstić information content (AvgIpc) is 3.24. The third-order valence-electron chi connectivity index (χ3n) is 4.86. The summed E-state index contributed by atoms with van der Waals surface area (Å²) in [4.78, 5) is 47.0. The van der Waals surface area contributed by atoms with Gasteiger partial charge in [0.05, 0.1) is 22.5 Å². The monoisotopic (exact) mass is 398 g/mol. The molecule has 8 heteroatoms. The zero-order valence-electron chi connectivity index (χ0n) is 15.8. The lowest BCUT2D eigenvalue weighted by Crippen LogP contribution is -2.33. The lowest BCUT2D eigenvalue weighted by atomic mass is 10.1. The topological polar surface area (TPSA) is 94.4 Å². The van der Waals surface area contributed by atoms with Gasteiger partial charge in [0.1, 0.15) is 0 Å². The third kappa shape index (κ3) is 2.66. The Kier molecular flexibility index (Phi) is 3.92. The van der Waals surface area contributed by atoms with Crippen LogP contribution in [0.4, 0.5) is 0 Å². The van der Waals surface area contributed by atoms with Gasteiger partial charge in [-0.05, 0) is 43.3 Å². The van der Waals surface area contributed by atoms with Gasteiger partial charge < -0.3 is 4.84 Å². The number of aryl methyl sites for hydroxylation is 1. The van der Waals surface area contributed by atoms with Gasteiger partial charge in [-0.25, -0.2) is 14.5 Å². The number of carbonyl (C=O) groups is 3. The molecule has 0 aliphatic carbocycles. The number of benzene rings is 2. The molecule has 0 N–H and O–H groups in total. The Hall–Kier alpha value is -4.33. The maximum absolute atomic E-state index is 12.7. The standard InChI is InChI=1S/C22H14N4O4/c1-13-15-11-12-18(23-19(15)25(24-13)14-7-3-2-4-8-14)22(29)30-26-20(27)16-9-5-6-10-17(16)21(26)28/h2-12H,1H3. The van der Waals surface area contributed by atoms with Crippen molar-refractivity contribution in [3.05, 3.63) is 89.2 Å². The summed E-state index contributed by atoms with van der Waals surface area (Å²) in [5.41, 5.74) is 2.34. The SMILES string of the molecule is Cc1nn(-c2ccccc2)c2nc(C(=O)ON3C(=O)c4ccccc4C3=O)ccc12. The van der Waals surface area contributed by atoms with Crippen molar-refractivity contribution < 1.29 is 19.2 Å². The van der Waals surface area contributed by atoms with Crippen LogP contribution >= 0.6 is 0 Å². The van der Waals surface area contributed by atoms with Crippen LogP contribution < -0.4 is 0 Å². The zero-order valence-corrected chi connectivity index (χ0v) is 15.8. The van der Waals surface area contributed by atoms with E-state index in [0.717, 1.165) is 16.8 Å². The van der Waals surface area contributed by atoms with Gasteiger partial charge in [0, 0.05) is 5.39 Å². The minimum absolute atomic E-state index is 0.0452. The average molecular weight is 398 g/mol. The van der Waals surface area contributed by atoms with E-state index in [4.69, 9.17) is 4.84 Å². The van der Waals surface area contributed by atoms with Gasteiger partial charge in [-0.3, -0.25) is 9.59 Å². The molecule has 1 aliphatic heterocycles. The molecule has 2 aromatic heterocycles. The Balaban J connectivity index is 1.49. The summed E-state index contributed by atoms with van der Waals surface area (Å²) in [5, 5.41) is 5.74. The number of rotatable bonds is 3. The molecule has 146 valence electrons. The quantitative estimate of drug-likeness (QED) is 0.492. The van der Waals surface area contributed by atoms with Crippen LogP contribution in [0.15, 0.2) is 66.7 Å². The number of hydroxylamine groups is 2. The fourth-order valence-corrected chi connectivity index (χ4v) is 3.39. The van der Waals surface area contributed by atoms with E-state index >= 15 is 0 Å². The number of amides is 2. The predicted octanol–water partition coefficient (Wildman–Crippen LogP) is 3.10. The predicted molar refractivity (Wildman–Crippen MR) is 106 cm³/mol. The minimum Gasteiger partial charge on any atom is -0.323 e. The van der Waals surface area contributed by atoms with Crippen molar-refractivity contribution >= 4 is 28.8 Å². The van der Waals surface area contributed by atoms with E-state index in [2.05, 4.69) is 10.1 Å². The summed E-state index contributed by atoms with van der Waals surface area (Å²) in [5.74, 6) is -2.28. The highest BCUT2D eigenvalue weighted by Gasteiger charge is 2.39. The van der Waals surface area contributed by atoms with Crippen LogP contribution in [0.1, 0.15) is 36.9 Å². The molecule has 0 bridgehead atoms. The summed E-state index contributed by atoms with van der Waals surface area (Å²) in [6, 6.07) is 18.9. The van der Waals surface area contributed by atoms with Crippen LogP contribution in [0.2, 0.25) is 0 Å². The fourth-order valence-electron chi connectivity index (χ4n) is 3.39. The molecule has 0 fully saturated rings. The van der Waals surface area contributed by atoms with Gasteiger partial charge in [-0.15, -0.1) is 0 Å².